The van der Waals surface area contributed by atoms with Crippen molar-refractivity contribution in [3.8, 4) is 0 Å². The Morgan fingerprint density at radius 1 is 1.14 bits per heavy atom. The molecule has 0 unspecified atom stereocenters. The van der Waals surface area contributed by atoms with Crippen molar-refractivity contribution in [1.29, 1.82) is 0 Å². The van der Waals surface area contributed by atoms with Gasteiger partial charge >= 0.3 is 5.97 Å². The van der Waals surface area contributed by atoms with E-state index in [1.165, 1.54) is 24.3 Å². The summed E-state index contributed by atoms with van der Waals surface area (Å²) >= 11 is 5.71. The average Bonchev–Trinajstić information content (AvgIpc) is 2.65. The fraction of sp³-hybridized carbons (Fsp3) is 0.250. The lowest BCUT2D eigenvalue weighted by Gasteiger charge is -2.08. The molecule has 0 radical (unpaired) electrons. The fourth-order valence-electron chi connectivity index (χ4n) is 2.44. The van der Waals surface area contributed by atoms with Crippen LogP contribution in [0.15, 0.2) is 42.5 Å². The molecule has 2 aromatic carbocycles. The normalized spacial score (nSPS) is 10.5. The highest BCUT2D eigenvalue weighted by molar-refractivity contribution is 6.31. The van der Waals surface area contributed by atoms with Gasteiger partial charge in [0.25, 0.3) is 5.69 Å². The van der Waals surface area contributed by atoms with Crippen molar-refractivity contribution in [2.24, 2.45) is 5.92 Å². The number of hydrogen-bond acceptors (Lipinski definition) is 6. The maximum Gasteiger partial charge on any atom is 0.345 e. The standard InChI is InChI=1S/C20H19ClN2O6/c1-12(2)9-19(25)22-15-6-3-13(4-7-15)18(24)11-29-20(26)16-8-5-14(21)10-17(16)23(27)28/h3-8,10,12H,9,11H2,1-2H3,(H,22,25). The van der Waals surface area contributed by atoms with Crippen LogP contribution in [0.5, 0.6) is 0 Å². The third-order valence-electron chi connectivity index (χ3n) is 3.80. The maximum absolute atomic E-state index is 12.2. The Balaban J connectivity index is 1.98. The number of benzene rings is 2. The summed E-state index contributed by atoms with van der Waals surface area (Å²) in [5.74, 6) is -1.39. The highest BCUT2D eigenvalue weighted by Crippen LogP contribution is 2.24. The van der Waals surface area contributed by atoms with Crippen LogP contribution in [0.2, 0.25) is 5.02 Å². The fourth-order valence-corrected chi connectivity index (χ4v) is 2.61. The molecule has 0 bridgehead atoms. The van der Waals surface area contributed by atoms with Gasteiger partial charge in [-0.2, -0.15) is 0 Å². The Morgan fingerprint density at radius 3 is 2.38 bits per heavy atom. The first kappa shape index (κ1) is 22.0. The molecular weight excluding hydrogens is 400 g/mol. The minimum atomic E-state index is -1.00. The van der Waals surface area contributed by atoms with Crippen LogP contribution in [-0.2, 0) is 9.53 Å². The summed E-state index contributed by atoms with van der Waals surface area (Å²) in [6.45, 7) is 3.28. The van der Waals surface area contributed by atoms with Gasteiger partial charge < -0.3 is 10.1 Å². The smallest absolute Gasteiger partial charge is 0.345 e. The first-order valence-electron chi connectivity index (χ1n) is 8.71. The van der Waals surface area contributed by atoms with Gasteiger partial charge in [0.05, 0.1) is 4.92 Å². The second-order valence-corrected chi connectivity index (χ2v) is 7.08. The zero-order chi connectivity index (χ0) is 21.6. The van der Waals surface area contributed by atoms with Gasteiger partial charge in [0, 0.05) is 28.8 Å². The number of anilines is 1. The molecule has 8 nitrogen and oxygen atoms in total. The third kappa shape index (κ3) is 6.39. The van der Waals surface area contributed by atoms with E-state index in [4.69, 9.17) is 16.3 Å². The minimum absolute atomic E-state index is 0.102. The molecule has 2 rings (SSSR count). The van der Waals surface area contributed by atoms with Gasteiger partial charge in [0.2, 0.25) is 5.91 Å². The van der Waals surface area contributed by atoms with E-state index < -0.39 is 29.0 Å². The zero-order valence-electron chi connectivity index (χ0n) is 15.8. The number of rotatable bonds is 8. The Hall–Kier alpha value is -3.26. The number of esters is 1. The van der Waals surface area contributed by atoms with Crippen LogP contribution >= 0.6 is 11.6 Å². The summed E-state index contributed by atoms with van der Waals surface area (Å²) in [5, 5.41) is 13.9. The first-order chi connectivity index (χ1) is 13.7. The Labute approximate surface area is 172 Å². The van der Waals surface area contributed by atoms with E-state index in [9.17, 15) is 24.5 Å². The molecule has 2 aromatic rings. The van der Waals surface area contributed by atoms with Crippen molar-refractivity contribution in [2.45, 2.75) is 20.3 Å². The van der Waals surface area contributed by atoms with Gasteiger partial charge in [-0.05, 0) is 42.3 Å². The number of carbonyl (C=O) groups is 3. The first-order valence-corrected chi connectivity index (χ1v) is 9.09. The van der Waals surface area contributed by atoms with Gasteiger partial charge in [-0.1, -0.05) is 25.4 Å². The summed E-state index contributed by atoms with van der Waals surface area (Å²) in [7, 11) is 0. The lowest BCUT2D eigenvalue weighted by Crippen LogP contribution is -2.16. The third-order valence-corrected chi connectivity index (χ3v) is 4.03. The number of hydrogen-bond donors (Lipinski definition) is 1. The van der Waals surface area contributed by atoms with Crippen molar-refractivity contribution in [3.05, 3.63) is 68.7 Å². The molecule has 0 spiro atoms. The van der Waals surface area contributed by atoms with Gasteiger partial charge in [0.15, 0.2) is 12.4 Å². The average molecular weight is 419 g/mol. The van der Waals surface area contributed by atoms with Crippen molar-refractivity contribution in [1.82, 2.24) is 0 Å². The van der Waals surface area contributed by atoms with Crippen molar-refractivity contribution in [2.75, 3.05) is 11.9 Å². The van der Waals surface area contributed by atoms with Crippen LogP contribution in [0.3, 0.4) is 0 Å². The number of carbonyl (C=O) groups excluding carboxylic acids is 3. The molecule has 9 heteroatoms. The number of nitro benzene ring substituents is 1. The van der Waals surface area contributed by atoms with Crippen molar-refractivity contribution >= 4 is 40.6 Å². The summed E-state index contributed by atoms with van der Waals surface area (Å²) in [5.41, 5.74) is 0.0121. The number of ketones is 1. The molecular formula is C20H19ClN2O6. The molecule has 1 amide bonds. The Bertz CT molecular complexity index is 940. The molecule has 0 aliphatic heterocycles. The molecule has 152 valence electrons. The largest absolute Gasteiger partial charge is 0.454 e. The molecule has 0 aliphatic carbocycles. The molecule has 0 aliphatic rings. The minimum Gasteiger partial charge on any atom is -0.454 e. The quantitative estimate of drug-likeness (QED) is 0.296. The van der Waals surface area contributed by atoms with Gasteiger partial charge in [-0.25, -0.2) is 4.79 Å². The predicted octanol–water partition coefficient (Wildman–Crippen LogP) is 4.27. The summed E-state index contributed by atoms with van der Waals surface area (Å²) in [4.78, 5) is 46.4. The van der Waals surface area contributed by atoms with E-state index in [1.54, 1.807) is 12.1 Å². The highest BCUT2D eigenvalue weighted by atomic mass is 35.5. The van der Waals surface area contributed by atoms with Crippen LogP contribution in [0, 0.1) is 16.0 Å². The number of amides is 1. The summed E-state index contributed by atoms with van der Waals surface area (Å²) in [6.07, 6.45) is 0.382. The number of nitro groups is 1. The van der Waals surface area contributed by atoms with Crippen LogP contribution in [0.1, 0.15) is 41.0 Å². The SMILES string of the molecule is CC(C)CC(=O)Nc1ccc(C(=O)COC(=O)c2ccc(Cl)cc2[N+](=O)[O-])cc1. The molecule has 0 aromatic heterocycles. The molecule has 0 atom stereocenters. The van der Waals surface area contributed by atoms with E-state index >= 15 is 0 Å². The van der Waals surface area contributed by atoms with E-state index in [-0.39, 0.29) is 28.0 Å². The topological polar surface area (TPSA) is 116 Å². The maximum atomic E-state index is 12.2. The number of ether oxygens (including phenoxy) is 1. The van der Waals surface area contributed by atoms with Crippen LogP contribution in [0.25, 0.3) is 0 Å². The number of nitrogens with one attached hydrogen (secondary N) is 1. The Kier molecular flexibility index (Phi) is 7.44. The molecule has 1 N–H and O–H groups in total. The van der Waals surface area contributed by atoms with E-state index in [0.717, 1.165) is 6.07 Å². The van der Waals surface area contributed by atoms with Crippen LogP contribution < -0.4 is 5.32 Å². The van der Waals surface area contributed by atoms with Gasteiger partial charge in [-0.15, -0.1) is 0 Å². The number of nitrogens with zero attached hydrogens (tertiary/aromatic N) is 1. The number of Topliss-reactive ketones (excluding diaryl/α,β-unsaturated/α-hetero) is 1. The molecule has 0 fully saturated rings. The van der Waals surface area contributed by atoms with Gasteiger partial charge in [-0.3, -0.25) is 19.7 Å². The zero-order valence-corrected chi connectivity index (χ0v) is 16.6. The molecule has 29 heavy (non-hydrogen) atoms. The predicted molar refractivity (Wildman–Crippen MR) is 107 cm³/mol. The lowest BCUT2D eigenvalue weighted by molar-refractivity contribution is -0.385. The van der Waals surface area contributed by atoms with E-state index in [1.807, 2.05) is 13.8 Å². The second kappa shape index (κ2) is 9.79. The number of halogens is 1. The highest BCUT2D eigenvalue weighted by Gasteiger charge is 2.22. The molecule has 0 heterocycles. The van der Waals surface area contributed by atoms with Crippen molar-refractivity contribution in [3.63, 3.8) is 0 Å². The van der Waals surface area contributed by atoms with Crippen LogP contribution in [-0.4, -0.2) is 29.2 Å². The monoisotopic (exact) mass is 418 g/mol. The Morgan fingerprint density at radius 2 is 1.79 bits per heavy atom. The second-order valence-electron chi connectivity index (χ2n) is 6.64. The van der Waals surface area contributed by atoms with Crippen LogP contribution in [0.4, 0.5) is 11.4 Å². The van der Waals surface area contributed by atoms with Crippen molar-refractivity contribution < 1.29 is 24.0 Å². The van der Waals surface area contributed by atoms with E-state index in [2.05, 4.69) is 5.32 Å². The molecule has 0 saturated carbocycles. The summed E-state index contributed by atoms with van der Waals surface area (Å²) < 4.78 is 4.91. The van der Waals surface area contributed by atoms with E-state index in [0.29, 0.717) is 12.1 Å². The summed E-state index contributed by atoms with van der Waals surface area (Å²) in [6, 6.07) is 9.64. The van der Waals surface area contributed by atoms with Gasteiger partial charge in [0.1, 0.15) is 5.56 Å². The lowest BCUT2D eigenvalue weighted by atomic mass is 10.1. The molecule has 0 saturated heterocycles.